The molecule has 0 heterocycles. The highest BCUT2D eigenvalue weighted by molar-refractivity contribution is 5.93. The number of hydrogen-bond acceptors (Lipinski definition) is 4. The summed E-state index contributed by atoms with van der Waals surface area (Å²) in [6.45, 7) is 2.45. The Kier molecular flexibility index (Phi) is 7.49. The van der Waals surface area contributed by atoms with Crippen LogP contribution in [0, 0.1) is 0 Å². The van der Waals surface area contributed by atoms with Gasteiger partial charge in [-0.15, -0.1) is 0 Å². The minimum Gasteiger partial charge on any atom is -0.497 e. The van der Waals surface area contributed by atoms with Crippen molar-refractivity contribution < 1.29 is 19.0 Å². The SMILES string of the molecule is CCNC(=O)/C=C/c1c(/C=C/c2ccc(OC)cc2)cc(OC)cc1OC. The summed E-state index contributed by atoms with van der Waals surface area (Å²) in [7, 11) is 4.84. The molecular weight excluding hydrogens is 342 g/mol. The highest BCUT2D eigenvalue weighted by Gasteiger charge is 2.09. The zero-order valence-electron chi connectivity index (χ0n) is 16.1. The minimum atomic E-state index is -0.152. The van der Waals surface area contributed by atoms with Crippen molar-refractivity contribution in [1.82, 2.24) is 5.32 Å². The van der Waals surface area contributed by atoms with Gasteiger partial charge in [0.2, 0.25) is 5.91 Å². The number of ether oxygens (including phenoxy) is 3. The van der Waals surface area contributed by atoms with Crippen molar-refractivity contribution in [2.75, 3.05) is 27.9 Å². The van der Waals surface area contributed by atoms with Crippen molar-refractivity contribution in [3.8, 4) is 17.2 Å². The van der Waals surface area contributed by atoms with Gasteiger partial charge in [-0.25, -0.2) is 0 Å². The van der Waals surface area contributed by atoms with Crippen molar-refractivity contribution >= 4 is 24.1 Å². The van der Waals surface area contributed by atoms with E-state index in [-0.39, 0.29) is 5.91 Å². The largest absolute Gasteiger partial charge is 0.497 e. The number of likely N-dealkylation sites (N-methyl/N-ethyl adjacent to an activating group) is 1. The van der Waals surface area contributed by atoms with Crippen LogP contribution in [-0.2, 0) is 4.79 Å². The van der Waals surface area contributed by atoms with E-state index in [0.717, 1.165) is 22.4 Å². The van der Waals surface area contributed by atoms with Crippen LogP contribution in [0.2, 0.25) is 0 Å². The summed E-state index contributed by atoms with van der Waals surface area (Å²) < 4.78 is 16.0. The maximum Gasteiger partial charge on any atom is 0.243 e. The molecule has 5 heteroatoms. The first-order valence-electron chi connectivity index (χ1n) is 8.65. The predicted molar refractivity (Wildman–Crippen MR) is 109 cm³/mol. The molecule has 2 aromatic rings. The lowest BCUT2D eigenvalue weighted by atomic mass is 10.0. The Morgan fingerprint density at radius 1 is 0.926 bits per heavy atom. The summed E-state index contributed by atoms with van der Waals surface area (Å²) in [6, 6.07) is 11.4. The van der Waals surface area contributed by atoms with Crippen LogP contribution in [0.3, 0.4) is 0 Å². The summed E-state index contributed by atoms with van der Waals surface area (Å²) in [5.41, 5.74) is 2.70. The Morgan fingerprint density at radius 2 is 1.63 bits per heavy atom. The topological polar surface area (TPSA) is 56.8 Å². The van der Waals surface area contributed by atoms with E-state index in [1.165, 1.54) is 6.08 Å². The molecule has 0 radical (unpaired) electrons. The molecule has 0 aliphatic carbocycles. The smallest absolute Gasteiger partial charge is 0.243 e. The molecule has 5 nitrogen and oxygen atoms in total. The van der Waals surface area contributed by atoms with Gasteiger partial charge in [0.25, 0.3) is 0 Å². The molecule has 1 N–H and O–H groups in total. The molecule has 2 rings (SSSR count). The molecule has 2 aromatic carbocycles. The van der Waals surface area contributed by atoms with E-state index >= 15 is 0 Å². The summed E-state index contributed by atoms with van der Waals surface area (Å²) in [5, 5.41) is 2.74. The van der Waals surface area contributed by atoms with Crippen LogP contribution in [0.1, 0.15) is 23.6 Å². The normalized spacial score (nSPS) is 11.0. The fourth-order valence-corrected chi connectivity index (χ4v) is 2.52. The molecule has 27 heavy (non-hydrogen) atoms. The third-order valence-corrected chi connectivity index (χ3v) is 3.93. The average molecular weight is 367 g/mol. The highest BCUT2D eigenvalue weighted by atomic mass is 16.5. The van der Waals surface area contributed by atoms with E-state index < -0.39 is 0 Å². The van der Waals surface area contributed by atoms with Crippen LogP contribution in [0.25, 0.3) is 18.2 Å². The van der Waals surface area contributed by atoms with Gasteiger partial charge in [-0.2, -0.15) is 0 Å². The van der Waals surface area contributed by atoms with Gasteiger partial charge in [-0.3, -0.25) is 4.79 Å². The number of hydrogen-bond donors (Lipinski definition) is 1. The first-order valence-corrected chi connectivity index (χ1v) is 8.65. The number of carbonyl (C=O) groups is 1. The van der Waals surface area contributed by atoms with Crippen LogP contribution in [0.4, 0.5) is 0 Å². The van der Waals surface area contributed by atoms with E-state index in [2.05, 4.69) is 5.32 Å². The Hall–Kier alpha value is -3.21. The molecule has 0 aromatic heterocycles. The van der Waals surface area contributed by atoms with Crippen LogP contribution >= 0.6 is 0 Å². The van der Waals surface area contributed by atoms with Crippen LogP contribution in [0.5, 0.6) is 17.2 Å². The molecule has 0 aliphatic heterocycles. The Morgan fingerprint density at radius 3 is 2.22 bits per heavy atom. The van der Waals surface area contributed by atoms with E-state index in [0.29, 0.717) is 18.0 Å². The molecule has 0 aliphatic rings. The molecular formula is C22H25NO4. The van der Waals surface area contributed by atoms with E-state index in [1.54, 1.807) is 33.5 Å². The Bertz CT molecular complexity index is 823. The number of benzene rings is 2. The van der Waals surface area contributed by atoms with Gasteiger partial charge in [-0.1, -0.05) is 24.3 Å². The molecule has 0 spiro atoms. The maximum atomic E-state index is 11.8. The Labute approximate surface area is 160 Å². The monoisotopic (exact) mass is 367 g/mol. The van der Waals surface area contributed by atoms with Gasteiger partial charge in [-0.05, 0) is 42.3 Å². The van der Waals surface area contributed by atoms with Gasteiger partial charge < -0.3 is 19.5 Å². The van der Waals surface area contributed by atoms with Crippen molar-refractivity contribution in [2.24, 2.45) is 0 Å². The van der Waals surface area contributed by atoms with Gasteiger partial charge in [0, 0.05) is 24.3 Å². The second-order valence-electron chi connectivity index (χ2n) is 5.67. The van der Waals surface area contributed by atoms with Gasteiger partial charge in [0.1, 0.15) is 17.2 Å². The standard InChI is InChI=1S/C22H25NO4/c1-5-23-22(24)13-12-20-17(14-19(26-3)15-21(20)27-4)9-6-16-7-10-18(25-2)11-8-16/h6-15H,5H2,1-4H3,(H,23,24)/b9-6+,13-12+. The third kappa shape index (κ3) is 5.64. The second-order valence-corrected chi connectivity index (χ2v) is 5.67. The molecule has 0 bridgehead atoms. The maximum absolute atomic E-state index is 11.8. The van der Waals surface area contributed by atoms with Gasteiger partial charge in [0.05, 0.1) is 21.3 Å². The second kappa shape index (κ2) is 10.1. The highest BCUT2D eigenvalue weighted by Crippen LogP contribution is 2.31. The predicted octanol–water partition coefficient (Wildman–Crippen LogP) is 4.03. The third-order valence-electron chi connectivity index (χ3n) is 3.93. The average Bonchev–Trinajstić information content (AvgIpc) is 2.70. The molecule has 1 amide bonds. The Balaban J connectivity index is 2.41. The van der Waals surface area contributed by atoms with Crippen molar-refractivity contribution in [2.45, 2.75) is 6.92 Å². The lowest BCUT2D eigenvalue weighted by molar-refractivity contribution is -0.116. The number of carbonyl (C=O) groups excluding carboxylic acids is 1. The van der Waals surface area contributed by atoms with Crippen LogP contribution in [-0.4, -0.2) is 33.8 Å². The lowest BCUT2D eigenvalue weighted by Gasteiger charge is -2.11. The first-order chi connectivity index (χ1) is 13.1. The molecule has 0 unspecified atom stereocenters. The molecule has 142 valence electrons. The molecule has 0 atom stereocenters. The number of nitrogens with one attached hydrogen (secondary N) is 1. The first kappa shape index (κ1) is 20.1. The molecule has 0 saturated carbocycles. The van der Waals surface area contributed by atoms with Crippen molar-refractivity contribution in [3.05, 3.63) is 59.2 Å². The summed E-state index contributed by atoms with van der Waals surface area (Å²) >= 11 is 0. The number of rotatable bonds is 8. The van der Waals surface area contributed by atoms with Crippen LogP contribution in [0.15, 0.2) is 42.5 Å². The lowest BCUT2D eigenvalue weighted by Crippen LogP contribution is -2.19. The number of methoxy groups -OCH3 is 3. The van der Waals surface area contributed by atoms with E-state index in [9.17, 15) is 4.79 Å². The molecule has 0 fully saturated rings. The zero-order valence-corrected chi connectivity index (χ0v) is 16.1. The molecule has 0 saturated heterocycles. The van der Waals surface area contributed by atoms with Crippen LogP contribution < -0.4 is 19.5 Å². The van der Waals surface area contributed by atoms with E-state index in [1.807, 2.05) is 49.4 Å². The fraction of sp³-hybridized carbons (Fsp3) is 0.227. The quantitative estimate of drug-likeness (QED) is 0.565. The van der Waals surface area contributed by atoms with Gasteiger partial charge in [0.15, 0.2) is 0 Å². The zero-order chi connectivity index (χ0) is 19.6. The fourth-order valence-electron chi connectivity index (χ4n) is 2.52. The minimum absolute atomic E-state index is 0.152. The van der Waals surface area contributed by atoms with Gasteiger partial charge >= 0.3 is 0 Å². The van der Waals surface area contributed by atoms with Crippen molar-refractivity contribution in [1.29, 1.82) is 0 Å². The summed E-state index contributed by atoms with van der Waals surface area (Å²) in [4.78, 5) is 11.8. The summed E-state index contributed by atoms with van der Waals surface area (Å²) in [5.74, 6) is 1.96. The van der Waals surface area contributed by atoms with E-state index in [4.69, 9.17) is 14.2 Å². The van der Waals surface area contributed by atoms with Crippen molar-refractivity contribution in [3.63, 3.8) is 0 Å². The number of amides is 1. The summed E-state index contributed by atoms with van der Waals surface area (Å²) in [6.07, 6.45) is 7.19.